The van der Waals surface area contributed by atoms with Gasteiger partial charge in [-0.2, -0.15) is 0 Å². The third kappa shape index (κ3) is 3.56. The van der Waals surface area contributed by atoms with Gasteiger partial charge in [-0.1, -0.05) is 36.4 Å². The van der Waals surface area contributed by atoms with Gasteiger partial charge in [-0.05, 0) is 36.2 Å². The largest absolute Gasteiger partial charge is 0.349 e. The quantitative estimate of drug-likeness (QED) is 0.527. The normalized spacial score (nSPS) is 17.8. The number of hydrogen-bond donors (Lipinski definition) is 1. The van der Waals surface area contributed by atoms with E-state index in [9.17, 15) is 13.6 Å². The number of hydrogen-bond acceptors (Lipinski definition) is 2. The Bertz CT molecular complexity index is 1240. The molecule has 3 aromatic carbocycles. The molecule has 1 heterocycles. The van der Waals surface area contributed by atoms with E-state index in [1.54, 1.807) is 29.1 Å². The summed E-state index contributed by atoms with van der Waals surface area (Å²) in [5.74, 6) is -1.00. The van der Waals surface area contributed by atoms with Crippen molar-refractivity contribution in [1.29, 1.82) is 0 Å². The van der Waals surface area contributed by atoms with Crippen molar-refractivity contribution in [3.63, 3.8) is 0 Å². The number of rotatable bonds is 5. The lowest BCUT2D eigenvalue weighted by Crippen LogP contribution is -2.26. The number of carbonyl (C=O) groups excluding carboxylic acids is 1. The van der Waals surface area contributed by atoms with Crippen LogP contribution in [-0.4, -0.2) is 21.5 Å². The van der Waals surface area contributed by atoms with Gasteiger partial charge in [0.05, 0.1) is 23.9 Å². The molecule has 1 amide bonds. The number of imidazole rings is 1. The third-order valence-electron chi connectivity index (χ3n) is 5.57. The van der Waals surface area contributed by atoms with Gasteiger partial charge in [0.15, 0.2) is 0 Å². The minimum absolute atomic E-state index is 0.133. The summed E-state index contributed by atoms with van der Waals surface area (Å²) >= 11 is 0. The van der Waals surface area contributed by atoms with Gasteiger partial charge in [0.1, 0.15) is 11.6 Å². The molecule has 0 spiro atoms. The standard InChI is InChI=1S/C24H19F2N3O/c25-18-8-6-17(20(26)11-18)13-29-14-27-21-9-7-16(10-23(21)29)24(30)28-22-12-19(22)15-4-2-1-3-5-15/h1-11,14,19,22H,12-13H2,(H,28,30)/t19-,22+/m0/s1. The van der Waals surface area contributed by atoms with Crippen LogP contribution in [0.15, 0.2) is 73.1 Å². The summed E-state index contributed by atoms with van der Waals surface area (Å²) in [5.41, 5.74) is 3.55. The van der Waals surface area contributed by atoms with Crippen molar-refractivity contribution in [2.75, 3.05) is 0 Å². The van der Waals surface area contributed by atoms with Gasteiger partial charge in [-0.25, -0.2) is 13.8 Å². The molecule has 1 aromatic heterocycles. The highest BCUT2D eigenvalue weighted by atomic mass is 19.1. The van der Waals surface area contributed by atoms with Crippen LogP contribution in [0.25, 0.3) is 11.0 Å². The second-order valence-electron chi connectivity index (χ2n) is 7.64. The topological polar surface area (TPSA) is 46.9 Å². The van der Waals surface area contributed by atoms with E-state index in [2.05, 4.69) is 22.4 Å². The Morgan fingerprint density at radius 2 is 1.90 bits per heavy atom. The number of fused-ring (bicyclic) bond motifs is 1. The van der Waals surface area contributed by atoms with Crippen LogP contribution in [0, 0.1) is 11.6 Å². The average molecular weight is 403 g/mol. The summed E-state index contributed by atoms with van der Waals surface area (Å²) in [6.07, 6.45) is 2.53. The lowest BCUT2D eigenvalue weighted by atomic mass is 10.1. The van der Waals surface area contributed by atoms with Gasteiger partial charge in [0.25, 0.3) is 5.91 Å². The van der Waals surface area contributed by atoms with Gasteiger partial charge < -0.3 is 9.88 Å². The number of nitrogens with one attached hydrogen (secondary N) is 1. The molecule has 0 saturated heterocycles. The number of aromatic nitrogens is 2. The maximum absolute atomic E-state index is 14.0. The van der Waals surface area contributed by atoms with Gasteiger partial charge in [0.2, 0.25) is 0 Å². The average Bonchev–Trinajstić information content (AvgIpc) is 3.41. The lowest BCUT2D eigenvalue weighted by molar-refractivity contribution is 0.0950. The molecule has 30 heavy (non-hydrogen) atoms. The Morgan fingerprint density at radius 3 is 2.70 bits per heavy atom. The Labute approximate surface area is 172 Å². The van der Waals surface area contributed by atoms with Crippen LogP contribution in [0.3, 0.4) is 0 Å². The molecule has 4 nitrogen and oxygen atoms in total. The van der Waals surface area contributed by atoms with Crippen molar-refractivity contribution in [1.82, 2.24) is 14.9 Å². The molecule has 0 radical (unpaired) electrons. The Kier molecular flexibility index (Phi) is 4.54. The van der Waals surface area contributed by atoms with E-state index in [1.807, 2.05) is 18.2 Å². The highest BCUT2D eigenvalue weighted by Crippen LogP contribution is 2.40. The number of carbonyl (C=O) groups is 1. The Balaban J connectivity index is 1.34. The van der Waals surface area contributed by atoms with Crippen LogP contribution in [0.2, 0.25) is 0 Å². The maximum Gasteiger partial charge on any atom is 0.251 e. The molecule has 150 valence electrons. The first-order valence-corrected chi connectivity index (χ1v) is 9.83. The summed E-state index contributed by atoms with van der Waals surface area (Å²) < 4.78 is 29.0. The number of benzene rings is 3. The van der Waals surface area contributed by atoms with Crippen molar-refractivity contribution in [2.24, 2.45) is 0 Å². The minimum atomic E-state index is -0.612. The molecule has 1 N–H and O–H groups in total. The number of nitrogens with zero attached hydrogens (tertiary/aromatic N) is 2. The number of amides is 1. The van der Waals surface area contributed by atoms with Crippen LogP contribution in [0.5, 0.6) is 0 Å². The number of halogens is 2. The van der Waals surface area contributed by atoms with E-state index in [1.165, 1.54) is 17.7 Å². The highest BCUT2D eigenvalue weighted by molar-refractivity contribution is 5.97. The zero-order valence-corrected chi connectivity index (χ0v) is 16.1. The zero-order chi connectivity index (χ0) is 20.7. The van der Waals surface area contributed by atoms with Gasteiger partial charge in [-0.15, -0.1) is 0 Å². The molecular weight excluding hydrogens is 384 g/mol. The van der Waals surface area contributed by atoms with E-state index >= 15 is 0 Å². The molecule has 6 heteroatoms. The predicted molar refractivity (Wildman–Crippen MR) is 110 cm³/mol. The van der Waals surface area contributed by atoms with Crippen molar-refractivity contribution < 1.29 is 13.6 Å². The first-order chi connectivity index (χ1) is 14.6. The molecule has 1 fully saturated rings. The van der Waals surface area contributed by atoms with Gasteiger partial charge in [0, 0.05) is 29.2 Å². The lowest BCUT2D eigenvalue weighted by Gasteiger charge is -2.08. The molecule has 1 aliphatic rings. The molecule has 1 aliphatic carbocycles. The molecule has 2 atom stereocenters. The fourth-order valence-corrected chi connectivity index (χ4v) is 3.83. The first kappa shape index (κ1) is 18.5. The molecule has 5 rings (SSSR count). The first-order valence-electron chi connectivity index (χ1n) is 9.83. The van der Waals surface area contributed by atoms with Gasteiger partial charge in [-0.3, -0.25) is 4.79 Å². The van der Waals surface area contributed by atoms with Crippen molar-refractivity contribution in [3.05, 3.63) is 101 Å². The maximum atomic E-state index is 14.0. The van der Waals surface area contributed by atoms with Crippen LogP contribution in [0.4, 0.5) is 8.78 Å². The van der Waals surface area contributed by atoms with Crippen molar-refractivity contribution in [2.45, 2.75) is 24.9 Å². The molecule has 0 aliphatic heterocycles. The molecule has 4 aromatic rings. The Hall–Kier alpha value is -3.54. The van der Waals surface area contributed by atoms with E-state index in [0.717, 1.165) is 18.0 Å². The van der Waals surface area contributed by atoms with E-state index in [4.69, 9.17) is 0 Å². The fourth-order valence-electron chi connectivity index (χ4n) is 3.83. The third-order valence-corrected chi connectivity index (χ3v) is 5.57. The van der Waals surface area contributed by atoms with Gasteiger partial charge >= 0.3 is 0 Å². The second-order valence-corrected chi connectivity index (χ2v) is 7.64. The monoisotopic (exact) mass is 403 g/mol. The summed E-state index contributed by atoms with van der Waals surface area (Å²) in [7, 11) is 0. The van der Waals surface area contributed by atoms with Crippen LogP contribution < -0.4 is 5.32 Å². The van der Waals surface area contributed by atoms with E-state index in [0.29, 0.717) is 22.6 Å². The molecule has 0 bridgehead atoms. The molecular formula is C24H19F2N3O. The second kappa shape index (κ2) is 7.37. The summed E-state index contributed by atoms with van der Waals surface area (Å²) in [5, 5.41) is 3.09. The summed E-state index contributed by atoms with van der Waals surface area (Å²) in [4.78, 5) is 17.1. The highest BCUT2D eigenvalue weighted by Gasteiger charge is 2.39. The van der Waals surface area contributed by atoms with E-state index in [-0.39, 0.29) is 18.5 Å². The van der Waals surface area contributed by atoms with Crippen LogP contribution in [0.1, 0.15) is 33.8 Å². The fraction of sp³-hybridized carbons (Fsp3) is 0.167. The molecule has 0 unspecified atom stereocenters. The smallest absolute Gasteiger partial charge is 0.251 e. The Morgan fingerprint density at radius 1 is 1.07 bits per heavy atom. The SMILES string of the molecule is O=C(N[C@@H]1C[C@H]1c1ccccc1)c1ccc2ncn(Cc3ccc(F)cc3F)c2c1. The summed E-state index contributed by atoms with van der Waals surface area (Å²) in [6.45, 7) is 0.201. The van der Waals surface area contributed by atoms with E-state index < -0.39 is 11.6 Å². The van der Waals surface area contributed by atoms with Crippen LogP contribution >= 0.6 is 0 Å². The zero-order valence-electron chi connectivity index (χ0n) is 16.1. The van der Waals surface area contributed by atoms with Crippen LogP contribution in [-0.2, 0) is 6.54 Å². The minimum Gasteiger partial charge on any atom is -0.349 e. The van der Waals surface area contributed by atoms with Crippen molar-refractivity contribution in [3.8, 4) is 0 Å². The molecule has 1 saturated carbocycles. The predicted octanol–water partition coefficient (Wildman–Crippen LogP) is 4.65. The van der Waals surface area contributed by atoms with Crippen molar-refractivity contribution >= 4 is 16.9 Å². The summed E-state index contributed by atoms with van der Waals surface area (Å²) in [6, 6.07) is 19.1.